The second-order valence-corrected chi connectivity index (χ2v) is 6.60. The average molecular weight is 358 g/mol. The lowest BCUT2D eigenvalue weighted by Gasteiger charge is -2.12. The Kier molecular flexibility index (Phi) is 3.72. The number of nitrogens with one attached hydrogen (secondary N) is 1. The van der Waals surface area contributed by atoms with E-state index in [1.165, 1.54) is 0 Å². The number of aromatic amines is 1. The summed E-state index contributed by atoms with van der Waals surface area (Å²) in [6, 6.07) is 15.9. The number of aromatic nitrogens is 4. The molecule has 4 aromatic rings. The van der Waals surface area contributed by atoms with Gasteiger partial charge in [0.15, 0.2) is 5.76 Å². The minimum atomic E-state index is 0.314. The van der Waals surface area contributed by atoms with Crippen LogP contribution in [0.5, 0.6) is 0 Å². The number of anilines is 1. The molecule has 0 unspecified atom stereocenters. The first-order valence-corrected chi connectivity index (χ1v) is 8.78. The Morgan fingerprint density at radius 3 is 2.74 bits per heavy atom. The summed E-state index contributed by atoms with van der Waals surface area (Å²) in [5.41, 5.74) is 10.9. The fourth-order valence-electron chi connectivity index (χ4n) is 3.51. The van der Waals surface area contributed by atoms with Gasteiger partial charge in [0.2, 0.25) is 5.95 Å². The SMILES string of the molecule is Nc1nc2c(c(-c3ccccc3)n1)CN(Cc1ccc(-c3ccn[nH]3)o1)C2. The van der Waals surface area contributed by atoms with Gasteiger partial charge in [-0.3, -0.25) is 10.00 Å². The van der Waals surface area contributed by atoms with Crippen LogP contribution in [0.25, 0.3) is 22.7 Å². The lowest BCUT2D eigenvalue weighted by atomic mass is 10.1. The van der Waals surface area contributed by atoms with Crippen LogP contribution in [0, 0.1) is 0 Å². The standard InChI is InChI=1S/C20H18N6O/c21-20-23-17-12-26(10-14-6-7-18(27-14)16-8-9-22-25-16)11-15(17)19(24-20)13-4-2-1-3-5-13/h1-9H,10-12H2,(H,22,25)(H2,21,23,24). The number of nitrogens with zero attached hydrogens (tertiary/aromatic N) is 4. The number of benzene rings is 1. The smallest absolute Gasteiger partial charge is 0.220 e. The van der Waals surface area contributed by atoms with Gasteiger partial charge >= 0.3 is 0 Å². The Balaban J connectivity index is 1.40. The first-order chi connectivity index (χ1) is 13.3. The number of rotatable bonds is 4. The van der Waals surface area contributed by atoms with E-state index in [-0.39, 0.29) is 0 Å². The van der Waals surface area contributed by atoms with Crippen molar-refractivity contribution in [2.45, 2.75) is 19.6 Å². The molecule has 27 heavy (non-hydrogen) atoms. The van der Waals surface area contributed by atoms with Crippen molar-refractivity contribution in [2.75, 3.05) is 5.73 Å². The molecular weight excluding hydrogens is 340 g/mol. The maximum Gasteiger partial charge on any atom is 0.220 e. The second-order valence-electron chi connectivity index (χ2n) is 6.60. The monoisotopic (exact) mass is 358 g/mol. The highest BCUT2D eigenvalue weighted by Crippen LogP contribution is 2.32. The van der Waals surface area contributed by atoms with Gasteiger partial charge in [-0.05, 0) is 18.2 Å². The van der Waals surface area contributed by atoms with Crippen molar-refractivity contribution in [3.05, 3.63) is 71.7 Å². The second kappa shape index (κ2) is 6.37. The van der Waals surface area contributed by atoms with Crippen molar-refractivity contribution in [3.63, 3.8) is 0 Å². The molecule has 0 radical (unpaired) electrons. The van der Waals surface area contributed by atoms with E-state index in [1.54, 1.807) is 6.20 Å². The van der Waals surface area contributed by atoms with Gasteiger partial charge < -0.3 is 10.2 Å². The Hall–Kier alpha value is -3.45. The Morgan fingerprint density at radius 2 is 1.93 bits per heavy atom. The molecule has 0 fully saturated rings. The summed E-state index contributed by atoms with van der Waals surface area (Å²) in [4.78, 5) is 11.2. The molecule has 0 saturated heterocycles. The van der Waals surface area contributed by atoms with Gasteiger partial charge in [-0.2, -0.15) is 5.10 Å². The van der Waals surface area contributed by atoms with Gasteiger partial charge in [-0.25, -0.2) is 9.97 Å². The van der Waals surface area contributed by atoms with Crippen LogP contribution in [0.3, 0.4) is 0 Å². The van der Waals surface area contributed by atoms with E-state index < -0.39 is 0 Å². The molecule has 7 nitrogen and oxygen atoms in total. The van der Waals surface area contributed by atoms with E-state index in [0.29, 0.717) is 12.5 Å². The molecule has 3 N–H and O–H groups in total. The van der Waals surface area contributed by atoms with Crippen LogP contribution in [0.2, 0.25) is 0 Å². The van der Waals surface area contributed by atoms with Crippen molar-refractivity contribution in [2.24, 2.45) is 0 Å². The summed E-state index contributed by atoms with van der Waals surface area (Å²) in [5.74, 6) is 2.00. The molecule has 1 aliphatic heterocycles. The van der Waals surface area contributed by atoms with Crippen LogP contribution < -0.4 is 5.73 Å². The van der Waals surface area contributed by atoms with Crippen LogP contribution in [0.15, 0.2) is 59.1 Å². The van der Waals surface area contributed by atoms with E-state index in [4.69, 9.17) is 10.2 Å². The summed E-state index contributed by atoms with van der Waals surface area (Å²) >= 11 is 0. The van der Waals surface area contributed by atoms with Crippen molar-refractivity contribution in [3.8, 4) is 22.7 Å². The molecule has 0 amide bonds. The predicted molar refractivity (Wildman–Crippen MR) is 101 cm³/mol. The summed E-state index contributed by atoms with van der Waals surface area (Å²) in [6.07, 6.45) is 1.71. The fourth-order valence-corrected chi connectivity index (χ4v) is 3.51. The zero-order chi connectivity index (χ0) is 18.2. The van der Waals surface area contributed by atoms with E-state index in [2.05, 4.69) is 25.1 Å². The number of hydrogen-bond acceptors (Lipinski definition) is 6. The molecule has 1 aliphatic rings. The molecule has 0 saturated carbocycles. The normalized spacial score (nSPS) is 13.8. The Labute approximate surface area is 155 Å². The highest BCUT2D eigenvalue weighted by molar-refractivity contribution is 5.65. The largest absolute Gasteiger partial charge is 0.458 e. The van der Waals surface area contributed by atoms with Crippen LogP contribution in [-0.4, -0.2) is 25.1 Å². The number of H-pyrrole nitrogens is 1. The van der Waals surface area contributed by atoms with Crippen molar-refractivity contribution in [1.82, 2.24) is 25.1 Å². The van der Waals surface area contributed by atoms with Gasteiger partial charge in [0.1, 0.15) is 11.5 Å². The summed E-state index contributed by atoms with van der Waals surface area (Å²) in [5, 5.41) is 6.88. The number of fused-ring (bicyclic) bond motifs is 1. The van der Waals surface area contributed by atoms with Gasteiger partial charge in [0.25, 0.3) is 0 Å². The maximum absolute atomic E-state index is 5.96. The lowest BCUT2D eigenvalue weighted by molar-refractivity contribution is 0.250. The molecule has 3 aromatic heterocycles. The van der Waals surface area contributed by atoms with E-state index in [0.717, 1.165) is 52.8 Å². The minimum absolute atomic E-state index is 0.314. The van der Waals surface area contributed by atoms with E-state index >= 15 is 0 Å². The maximum atomic E-state index is 5.96. The first kappa shape index (κ1) is 15.8. The highest BCUT2D eigenvalue weighted by atomic mass is 16.3. The van der Waals surface area contributed by atoms with Gasteiger partial charge in [0.05, 0.1) is 17.9 Å². The molecule has 134 valence electrons. The number of furan rings is 1. The van der Waals surface area contributed by atoms with Crippen LogP contribution in [0.4, 0.5) is 5.95 Å². The van der Waals surface area contributed by atoms with E-state index in [1.807, 2.05) is 48.5 Å². The summed E-state index contributed by atoms with van der Waals surface area (Å²) < 4.78 is 5.95. The Morgan fingerprint density at radius 1 is 1.04 bits per heavy atom. The molecule has 0 spiro atoms. The number of hydrogen-bond donors (Lipinski definition) is 2. The molecular formula is C20H18N6O. The van der Waals surface area contributed by atoms with Crippen molar-refractivity contribution >= 4 is 5.95 Å². The van der Waals surface area contributed by atoms with Crippen molar-refractivity contribution < 1.29 is 4.42 Å². The highest BCUT2D eigenvalue weighted by Gasteiger charge is 2.26. The van der Waals surface area contributed by atoms with Crippen LogP contribution in [-0.2, 0) is 19.6 Å². The molecule has 0 bridgehead atoms. The topological polar surface area (TPSA) is 96.9 Å². The lowest BCUT2D eigenvalue weighted by Crippen LogP contribution is -2.15. The Bertz CT molecular complexity index is 1070. The minimum Gasteiger partial charge on any atom is -0.458 e. The van der Waals surface area contributed by atoms with Gasteiger partial charge in [-0.1, -0.05) is 30.3 Å². The third kappa shape index (κ3) is 2.98. The average Bonchev–Trinajstić information content (AvgIpc) is 3.42. The predicted octanol–water partition coefficient (Wildman–Crippen LogP) is 3.22. The van der Waals surface area contributed by atoms with Crippen LogP contribution in [0.1, 0.15) is 17.0 Å². The summed E-state index contributed by atoms with van der Waals surface area (Å²) in [6.45, 7) is 2.18. The molecule has 5 rings (SSSR count). The van der Waals surface area contributed by atoms with Gasteiger partial charge in [0, 0.05) is 30.4 Å². The first-order valence-electron chi connectivity index (χ1n) is 8.78. The van der Waals surface area contributed by atoms with Crippen molar-refractivity contribution in [1.29, 1.82) is 0 Å². The fraction of sp³-hybridized carbons (Fsp3) is 0.150. The van der Waals surface area contributed by atoms with Gasteiger partial charge in [-0.15, -0.1) is 0 Å². The molecule has 4 heterocycles. The number of nitrogens with two attached hydrogens (primary N) is 1. The zero-order valence-electron chi connectivity index (χ0n) is 14.6. The molecule has 0 aliphatic carbocycles. The van der Waals surface area contributed by atoms with E-state index in [9.17, 15) is 0 Å². The molecule has 0 atom stereocenters. The number of nitrogen functional groups attached to an aromatic ring is 1. The molecule has 1 aromatic carbocycles. The summed E-state index contributed by atoms with van der Waals surface area (Å²) in [7, 11) is 0. The third-order valence-electron chi connectivity index (χ3n) is 4.72. The zero-order valence-corrected chi connectivity index (χ0v) is 14.6. The van der Waals surface area contributed by atoms with Crippen LogP contribution >= 0.6 is 0 Å². The molecule has 7 heteroatoms. The quantitative estimate of drug-likeness (QED) is 0.581. The third-order valence-corrected chi connectivity index (χ3v) is 4.72.